The van der Waals surface area contributed by atoms with Gasteiger partial charge in [0.2, 0.25) is 0 Å². The minimum Gasteiger partial charge on any atom is -0.399 e. The van der Waals surface area contributed by atoms with Gasteiger partial charge in [0.15, 0.2) is 0 Å². The number of nitrogens with one attached hydrogen (secondary N) is 2. The number of hydrogen-bond donors (Lipinski definition) is 2. The van der Waals surface area contributed by atoms with Crippen LogP contribution in [0.2, 0.25) is 0 Å². The number of anilines is 1. The maximum absolute atomic E-state index is 8.67. The summed E-state index contributed by atoms with van der Waals surface area (Å²) in [5.74, 6) is 0. The molecule has 2 N–H and O–H groups in total. The molecule has 4 heterocycles. The van der Waals surface area contributed by atoms with Crippen molar-refractivity contribution in [3.8, 4) is 0 Å². The highest BCUT2D eigenvalue weighted by Gasteiger charge is 2.53. The molecule has 0 radical (unpaired) electrons. The number of allylic oxidation sites excluding steroid dienone is 1. The van der Waals surface area contributed by atoms with Gasteiger partial charge in [-0.3, -0.25) is 15.8 Å². The summed E-state index contributed by atoms with van der Waals surface area (Å²) in [6, 6.07) is 4.41. The zero-order chi connectivity index (χ0) is 24.7. The molecular weight excluding hydrogens is 463 g/mol. The summed E-state index contributed by atoms with van der Waals surface area (Å²) in [6.45, 7) is 14.6. The van der Waals surface area contributed by atoms with Crippen LogP contribution < -0.4 is 4.90 Å². The Morgan fingerprint density at radius 1 is 0.912 bits per heavy atom. The Kier molecular flexibility index (Phi) is 7.20. The molecule has 0 bridgehead atoms. The van der Waals surface area contributed by atoms with Gasteiger partial charge in [-0.2, -0.15) is 0 Å². The molecule has 4 rings (SSSR count). The predicted octanol–water partition coefficient (Wildman–Crippen LogP) is 6.73. The van der Waals surface area contributed by atoms with Gasteiger partial charge in [-0.1, -0.05) is 26.7 Å². The van der Waals surface area contributed by atoms with E-state index in [-0.39, 0.29) is 11.4 Å². The zero-order valence-corrected chi connectivity index (χ0v) is 22.7. The minimum absolute atomic E-state index is 0.117. The second-order valence-electron chi connectivity index (χ2n) is 10.0. The predicted molar refractivity (Wildman–Crippen MR) is 148 cm³/mol. The summed E-state index contributed by atoms with van der Waals surface area (Å²) < 4.78 is 14.6. The highest BCUT2D eigenvalue weighted by Crippen LogP contribution is 2.41. The van der Waals surface area contributed by atoms with Gasteiger partial charge < -0.3 is 14.2 Å². The smallest absolute Gasteiger partial charge is 0.399 e. The number of nitrogens with zero attached hydrogens (tertiary/aromatic N) is 2. The fourth-order valence-corrected chi connectivity index (χ4v) is 6.43. The molecule has 0 amide bonds. The molecule has 6 nitrogen and oxygen atoms in total. The highest BCUT2D eigenvalue weighted by molar-refractivity contribution is 7.31. The number of thiophene rings is 2. The molecule has 0 spiro atoms. The fourth-order valence-electron chi connectivity index (χ4n) is 3.99. The summed E-state index contributed by atoms with van der Waals surface area (Å²) in [5, 5.41) is 18.6. The lowest BCUT2D eigenvalue weighted by Gasteiger charge is -2.32. The van der Waals surface area contributed by atoms with E-state index in [9.17, 15) is 0 Å². The normalized spacial score (nSPS) is 19.6. The van der Waals surface area contributed by atoms with E-state index in [1.807, 2.05) is 39.0 Å². The SMILES string of the molecule is CCCCN(CCCC)c1cc2sc(C3=NC=C(B4OC(C)(C)C(C)(C)O4)C(=N)C3=N)cc2s1. The van der Waals surface area contributed by atoms with Crippen molar-refractivity contribution in [2.24, 2.45) is 4.99 Å². The molecule has 2 aromatic heterocycles. The molecule has 34 heavy (non-hydrogen) atoms. The van der Waals surface area contributed by atoms with Gasteiger partial charge in [0.05, 0.1) is 26.8 Å². The van der Waals surface area contributed by atoms with E-state index in [4.69, 9.17) is 20.1 Å². The molecule has 0 atom stereocenters. The summed E-state index contributed by atoms with van der Waals surface area (Å²) in [5.41, 5.74) is 0.302. The third kappa shape index (κ3) is 4.68. The number of rotatable bonds is 9. The first kappa shape index (κ1) is 25.3. The van der Waals surface area contributed by atoms with Crippen LogP contribution >= 0.6 is 22.7 Å². The van der Waals surface area contributed by atoms with Gasteiger partial charge in [0, 0.05) is 34.2 Å². The maximum Gasteiger partial charge on any atom is 0.498 e. The van der Waals surface area contributed by atoms with Crippen molar-refractivity contribution >= 4 is 61.3 Å². The van der Waals surface area contributed by atoms with Gasteiger partial charge in [-0.15, -0.1) is 22.7 Å². The second-order valence-corrected chi connectivity index (χ2v) is 12.2. The minimum atomic E-state index is -0.685. The van der Waals surface area contributed by atoms with E-state index in [0.29, 0.717) is 11.2 Å². The molecule has 1 fully saturated rings. The van der Waals surface area contributed by atoms with Crippen molar-refractivity contribution in [2.45, 2.75) is 78.4 Å². The van der Waals surface area contributed by atoms with Crippen LogP contribution in [0, 0.1) is 10.8 Å². The van der Waals surface area contributed by atoms with Crippen molar-refractivity contribution < 1.29 is 9.31 Å². The molecule has 0 aromatic carbocycles. The van der Waals surface area contributed by atoms with E-state index >= 15 is 0 Å². The van der Waals surface area contributed by atoms with E-state index in [1.54, 1.807) is 17.5 Å². The van der Waals surface area contributed by atoms with E-state index in [0.717, 1.165) is 18.0 Å². The number of aliphatic imine (C=N–C) groups is 1. The first-order valence-electron chi connectivity index (χ1n) is 12.2. The van der Waals surface area contributed by atoms with Crippen LogP contribution in [0.25, 0.3) is 9.40 Å². The van der Waals surface area contributed by atoms with Gasteiger partial charge in [-0.25, -0.2) is 0 Å². The maximum atomic E-state index is 8.67. The Morgan fingerprint density at radius 2 is 1.50 bits per heavy atom. The molecule has 9 heteroatoms. The van der Waals surface area contributed by atoms with Crippen molar-refractivity contribution in [3.05, 3.63) is 28.7 Å². The van der Waals surface area contributed by atoms with Crippen LogP contribution in [0.4, 0.5) is 5.00 Å². The third-order valence-corrected chi connectivity index (χ3v) is 9.28. The largest absolute Gasteiger partial charge is 0.498 e. The summed E-state index contributed by atoms with van der Waals surface area (Å²) >= 11 is 3.47. The van der Waals surface area contributed by atoms with Gasteiger partial charge in [-0.05, 0) is 52.7 Å². The summed E-state index contributed by atoms with van der Waals surface area (Å²) in [7, 11) is -0.685. The molecule has 2 aromatic rings. The lowest BCUT2D eigenvalue weighted by atomic mass is 9.73. The van der Waals surface area contributed by atoms with Crippen LogP contribution in [0.1, 0.15) is 72.1 Å². The van der Waals surface area contributed by atoms with E-state index in [1.165, 1.54) is 40.1 Å². The van der Waals surface area contributed by atoms with Gasteiger partial charge in [0.25, 0.3) is 0 Å². The Balaban J connectivity index is 1.58. The van der Waals surface area contributed by atoms with Crippen LogP contribution in [0.15, 0.2) is 28.8 Å². The van der Waals surface area contributed by atoms with E-state index < -0.39 is 18.3 Å². The highest BCUT2D eigenvalue weighted by atomic mass is 32.1. The lowest BCUT2D eigenvalue weighted by Crippen LogP contribution is -2.41. The second kappa shape index (κ2) is 9.68. The summed E-state index contributed by atoms with van der Waals surface area (Å²) in [4.78, 5) is 8.04. The monoisotopic (exact) mass is 498 g/mol. The molecular formula is C25H35BN4O2S2. The zero-order valence-electron chi connectivity index (χ0n) is 21.1. The fraction of sp³-hybridized carbons (Fsp3) is 0.560. The van der Waals surface area contributed by atoms with E-state index in [2.05, 4.69) is 35.9 Å². The van der Waals surface area contributed by atoms with Gasteiger partial charge in [0.1, 0.15) is 11.4 Å². The third-order valence-electron chi connectivity index (χ3n) is 6.92. The van der Waals surface area contributed by atoms with Crippen molar-refractivity contribution in [2.75, 3.05) is 18.0 Å². The topological polar surface area (TPSA) is 81.8 Å². The van der Waals surface area contributed by atoms with Crippen LogP contribution in [-0.2, 0) is 9.31 Å². The Hall–Kier alpha value is -1.81. The molecule has 0 saturated carbocycles. The van der Waals surface area contributed by atoms with Crippen LogP contribution in [0.5, 0.6) is 0 Å². The number of hydrogen-bond acceptors (Lipinski definition) is 8. The number of unbranched alkanes of at least 4 members (excludes halogenated alkanes) is 2. The molecule has 2 aliphatic heterocycles. The number of fused-ring (bicyclic) bond motifs is 1. The standard InChI is InChI=1S/C25H35BN4O2S2/c1-7-9-11-30(12-10-8-2)20-14-18-17(34-20)13-19(33-18)23-22(28)21(27)16(15-29-23)26-31-24(3,4)25(5,6)32-26/h13-15,27-28H,7-12H2,1-6H3. The van der Waals surface area contributed by atoms with Gasteiger partial charge >= 0.3 is 7.12 Å². The van der Waals surface area contributed by atoms with Crippen molar-refractivity contribution in [1.29, 1.82) is 10.8 Å². The molecule has 0 aliphatic carbocycles. The molecule has 1 saturated heterocycles. The quantitative estimate of drug-likeness (QED) is 0.376. The average Bonchev–Trinajstić information content (AvgIpc) is 3.39. The Labute approximate surface area is 211 Å². The first-order chi connectivity index (χ1) is 16.1. The first-order valence-corrected chi connectivity index (χ1v) is 13.8. The molecule has 2 aliphatic rings. The average molecular weight is 499 g/mol. The van der Waals surface area contributed by atoms with Crippen LogP contribution in [-0.4, -0.2) is 48.5 Å². The Bertz CT molecular complexity index is 1110. The van der Waals surface area contributed by atoms with Crippen LogP contribution in [0.3, 0.4) is 0 Å². The van der Waals surface area contributed by atoms with Crippen molar-refractivity contribution in [1.82, 2.24) is 0 Å². The van der Waals surface area contributed by atoms with Crippen molar-refractivity contribution in [3.63, 3.8) is 0 Å². The Morgan fingerprint density at radius 3 is 2.06 bits per heavy atom. The lowest BCUT2D eigenvalue weighted by molar-refractivity contribution is 0.00578. The molecule has 0 unspecified atom stereocenters. The summed E-state index contributed by atoms with van der Waals surface area (Å²) in [6.07, 6.45) is 6.44. The molecule has 182 valence electrons.